The van der Waals surface area contributed by atoms with Gasteiger partial charge in [0.1, 0.15) is 5.60 Å². The zero-order chi connectivity index (χ0) is 13.1. The van der Waals surface area contributed by atoms with Gasteiger partial charge < -0.3 is 4.74 Å². The molecule has 1 amide bonds. The summed E-state index contributed by atoms with van der Waals surface area (Å²) in [5, 5.41) is 11.3. The molecule has 1 aromatic carbocycles. The van der Waals surface area contributed by atoms with Crippen LogP contribution >= 0.6 is 15.9 Å². The molecule has 0 radical (unpaired) electrons. The summed E-state index contributed by atoms with van der Waals surface area (Å²) in [6.45, 7) is 5.36. The van der Waals surface area contributed by atoms with E-state index in [1.54, 1.807) is 39.0 Å². The minimum atomic E-state index is -0.552. The van der Waals surface area contributed by atoms with Crippen molar-refractivity contribution in [2.75, 3.05) is 5.32 Å². The minimum Gasteiger partial charge on any atom is -0.444 e. The van der Waals surface area contributed by atoms with E-state index in [2.05, 4.69) is 21.2 Å². The van der Waals surface area contributed by atoms with Crippen molar-refractivity contribution in [1.82, 2.24) is 0 Å². The number of halogens is 1. The van der Waals surface area contributed by atoms with Crippen LogP contribution in [-0.2, 0) is 4.74 Å². The Labute approximate surface area is 109 Å². The Morgan fingerprint density at radius 2 is 2.12 bits per heavy atom. The van der Waals surface area contributed by atoms with Crippen molar-refractivity contribution in [2.24, 2.45) is 0 Å². The monoisotopic (exact) mass is 296 g/mol. The zero-order valence-electron chi connectivity index (χ0n) is 9.87. The highest BCUT2D eigenvalue weighted by molar-refractivity contribution is 9.10. The summed E-state index contributed by atoms with van der Waals surface area (Å²) in [5.74, 6) is 0. The van der Waals surface area contributed by atoms with Gasteiger partial charge in [-0.3, -0.25) is 5.32 Å². The lowest BCUT2D eigenvalue weighted by Crippen LogP contribution is -2.27. The van der Waals surface area contributed by atoms with Gasteiger partial charge in [-0.15, -0.1) is 0 Å². The zero-order valence-corrected chi connectivity index (χ0v) is 11.5. The second-order valence-corrected chi connectivity index (χ2v) is 5.29. The van der Waals surface area contributed by atoms with E-state index in [-0.39, 0.29) is 0 Å². The van der Waals surface area contributed by atoms with Crippen LogP contribution < -0.4 is 5.32 Å². The Balaban J connectivity index is 2.82. The molecule has 0 aliphatic rings. The van der Waals surface area contributed by atoms with Gasteiger partial charge in [-0.1, -0.05) is 0 Å². The molecule has 1 rings (SSSR count). The molecule has 0 aromatic heterocycles. The Bertz CT molecular complexity index is 472. The molecule has 90 valence electrons. The molecule has 0 bridgehead atoms. The van der Waals surface area contributed by atoms with Gasteiger partial charge in [0, 0.05) is 4.47 Å². The van der Waals surface area contributed by atoms with Crippen LogP contribution in [-0.4, -0.2) is 11.7 Å². The van der Waals surface area contributed by atoms with Crippen molar-refractivity contribution in [3.63, 3.8) is 0 Å². The van der Waals surface area contributed by atoms with Gasteiger partial charge in [0.2, 0.25) is 0 Å². The molecule has 0 spiro atoms. The number of anilines is 1. The van der Waals surface area contributed by atoms with Gasteiger partial charge in [-0.25, -0.2) is 4.79 Å². The molecular formula is C12H13BrN2O2. The average Bonchev–Trinajstić information content (AvgIpc) is 2.18. The molecule has 0 atom stereocenters. The van der Waals surface area contributed by atoms with Gasteiger partial charge in [-0.2, -0.15) is 5.26 Å². The fourth-order valence-electron chi connectivity index (χ4n) is 1.10. The lowest BCUT2D eigenvalue weighted by atomic mass is 10.2. The topological polar surface area (TPSA) is 62.1 Å². The Hall–Kier alpha value is -1.54. The number of nitriles is 1. The molecule has 0 saturated heterocycles. The van der Waals surface area contributed by atoms with E-state index < -0.39 is 11.7 Å². The van der Waals surface area contributed by atoms with E-state index in [1.165, 1.54) is 0 Å². The van der Waals surface area contributed by atoms with Gasteiger partial charge >= 0.3 is 6.09 Å². The van der Waals surface area contributed by atoms with Crippen molar-refractivity contribution < 1.29 is 9.53 Å². The van der Waals surface area contributed by atoms with Crippen LogP contribution in [0.4, 0.5) is 10.5 Å². The minimum absolute atomic E-state index is 0.472. The van der Waals surface area contributed by atoms with E-state index in [4.69, 9.17) is 10.00 Å². The van der Waals surface area contributed by atoms with Gasteiger partial charge in [-0.05, 0) is 54.9 Å². The summed E-state index contributed by atoms with van der Waals surface area (Å²) in [7, 11) is 0. The number of carbonyl (C=O) groups is 1. The van der Waals surface area contributed by atoms with Crippen LogP contribution in [0.3, 0.4) is 0 Å². The normalized spacial score (nSPS) is 10.5. The van der Waals surface area contributed by atoms with Gasteiger partial charge in [0.25, 0.3) is 0 Å². The molecule has 4 nitrogen and oxygen atoms in total. The first-order valence-corrected chi connectivity index (χ1v) is 5.81. The van der Waals surface area contributed by atoms with E-state index in [0.29, 0.717) is 15.7 Å². The molecule has 0 unspecified atom stereocenters. The van der Waals surface area contributed by atoms with Crippen molar-refractivity contribution in [3.8, 4) is 6.07 Å². The number of rotatable bonds is 1. The Morgan fingerprint density at radius 1 is 1.47 bits per heavy atom. The predicted octanol–water partition coefficient (Wildman–Crippen LogP) is 3.67. The molecule has 17 heavy (non-hydrogen) atoms. The first kappa shape index (κ1) is 13.5. The van der Waals surface area contributed by atoms with Crippen molar-refractivity contribution in [2.45, 2.75) is 26.4 Å². The third kappa shape index (κ3) is 4.45. The number of ether oxygens (including phenoxy) is 1. The highest BCUT2D eigenvalue weighted by Crippen LogP contribution is 2.24. The summed E-state index contributed by atoms with van der Waals surface area (Å²) in [6, 6.07) is 6.94. The van der Waals surface area contributed by atoms with E-state index in [9.17, 15) is 4.79 Å². The summed E-state index contributed by atoms with van der Waals surface area (Å²) in [4.78, 5) is 11.5. The highest BCUT2D eigenvalue weighted by atomic mass is 79.9. The molecule has 1 aromatic rings. The maximum atomic E-state index is 11.5. The van der Waals surface area contributed by atoms with Crippen molar-refractivity contribution in [3.05, 3.63) is 28.2 Å². The number of benzene rings is 1. The molecule has 0 aliphatic heterocycles. The Morgan fingerprint density at radius 3 is 2.65 bits per heavy atom. The molecule has 1 N–H and O–H groups in total. The largest absolute Gasteiger partial charge is 0.444 e. The predicted molar refractivity (Wildman–Crippen MR) is 68.7 cm³/mol. The van der Waals surface area contributed by atoms with Crippen LogP contribution in [0.25, 0.3) is 0 Å². The number of hydrogen-bond donors (Lipinski definition) is 1. The smallest absolute Gasteiger partial charge is 0.412 e. The standard InChI is InChI=1S/C12H13BrN2O2/c1-12(2,3)17-11(16)15-10-6-8(7-14)4-5-9(10)13/h4-6H,1-3H3,(H,15,16). The highest BCUT2D eigenvalue weighted by Gasteiger charge is 2.17. The molecule has 5 heteroatoms. The van der Waals surface area contributed by atoms with Crippen molar-refractivity contribution in [1.29, 1.82) is 5.26 Å². The summed E-state index contributed by atoms with van der Waals surface area (Å²) in [5.41, 5.74) is 0.432. The molecular weight excluding hydrogens is 284 g/mol. The Kier molecular flexibility index (Phi) is 4.13. The molecule has 0 saturated carbocycles. The number of carbonyl (C=O) groups excluding carboxylic acids is 1. The first-order chi connectivity index (χ1) is 7.81. The van der Waals surface area contributed by atoms with Crippen LogP contribution in [0.1, 0.15) is 26.3 Å². The quantitative estimate of drug-likeness (QED) is 0.860. The lowest BCUT2D eigenvalue weighted by Gasteiger charge is -2.20. The number of nitrogens with one attached hydrogen (secondary N) is 1. The fourth-order valence-corrected chi connectivity index (χ4v) is 1.45. The first-order valence-electron chi connectivity index (χ1n) is 5.01. The molecule has 0 heterocycles. The third-order valence-electron chi connectivity index (χ3n) is 1.73. The summed E-state index contributed by atoms with van der Waals surface area (Å²) >= 11 is 3.29. The molecule has 0 aliphatic carbocycles. The van der Waals surface area contributed by atoms with Crippen LogP contribution in [0, 0.1) is 11.3 Å². The fraction of sp³-hybridized carbons (Fsp3) is 0.333. The van der Waals surface area contributed by atoms with Gasteiger partial charge in [0.05, 0.1) is 17.3 Å². The third-order valence-corrected chi connectivity index (χ3v) is 2.42. The van der Waals surface area contributed by atoms with Crippen LogP contribution in [0.2, 0.25) is 0 Å². The van der Waals surface area contributed by atoms with E-state index >= 15 is 0 Å². The number of hydrogen-bond acceptors (Lipinski definition) is 3. The summed E-state index contributed by atoms with van der Waals surface area (Å²) in [6.07, 6.45) is -0.548. The van der Waals surface area contributed by atoms with E-state index in [0.717, 1.165) is 0 Å². The second kappa shape index (κ2) is 5.19. The second-order valence-electron chi connectivity index (χ2n) is 4.43. The molecule has 0 fully saturated rings. The number of nitrogens with zero attached hydrogens (tertiary/aromatic N) is 1. The van der Waals surface area contributed by atoms with E-state index in [1.807, 2.05) is 6.07 Å². The maximum absolute atomic E-state index is 11.5. The lowest BCUT2D eigenvalue weighted by molar-refractivity contribution is 0.0636. The number of amides is 1. The average molecular weight is 297 g/mol. The van der Waals surface area contributed by atoms with Crippen molar-refractivity contribution >= 4 is 27.7 Å². The van der Waals surface area contributed by atoms with Gasteiger partial charge in [0.15, 0.2) is 0 Å². The maximum Gasteiger partial charge on any atom is 0.412 e. The SMILES string of the molecule is CC(C)(C)OC(=O)Nc1cc(C#N)ccc1Br. The summed E-state index contributed by atoms with van der Waals surface area (Å²) < 4.78 is 5.81. The van der Waals surface area contributed by atoms with Crippen LogP contribution in [0.5, 0.6) is 0 Å². The van der Waals surface area contributed by atoms with Crippen LogP contribution in [0.15, 0.2) is 22.7 Å².